The Hall–Kier alpha value is -2.37. The van der Waals surface area contributed by atoms with Gasteiger partial charge in [0.2, 0.25) is 11.8 Å². The zero-order valence-electron chi connectivity index (χ0n) is 14.6. The number of methoxy groups -OCH3 is 1. The first kappa shape index (κ1) is 19.7. The highest BCUT2D eigenvalue weighted by molar-refractivity contribution is 5.78. The Labute approximate surface area is 143 Å². The number of rotatable bonds is 9. The second kappa shape index (κ2) is 10.4. The van der Waals surface area contributed by atoms with Crippen LogP contribution in [-0.2, 0) is 25.5 Å². The number of carbonyl (C=O) groups is 3. The van der Waals surface area contributed by atoms with E-state index in [9.17, 15) is 14.4 Å². The monoisotopic (exact) mass is 334 g/mol. The standard InChI is InChI=1S/C18H26N2O4/c1-14(18(23)24-3)13-20(12-11-19-15(2)21)17(22)10-9-16-7-5-4-6-8-16/h4-8,14H,9-13H2,1-3H3,(H,19,21). The van der Waals surface area contributed by atoms with Gasteiger partial charge in [0.15, 0.2) is 0 Å². The van der Waals surface area contributed by atoms with E-state index in [4.69, 9.17) is 4.74 Å². The smallest absolute Gasteiger partial charge is 0.310 e. The van der Waals surface area contributed by atoms with Crippen molar-refractivity contribution in [1.82, 2.24) is 10.2 Å². The zero-order valence-corrected chi connectivity index (χ0v) is 14.6. The summed E-state index contributed by atoms with van der Waals surface area (Å²) in [6.45, 7) is 4.16. The molecular formula is C18H26N2O4. The van der Waals surface area contributed by atoms with E-state index in [2.05, 4.69) is 5.32 Å². The van der Waals surface area contributed by atoms with Gasteiger partial charge in [-0.3, -0.25) is 14.4 Å². The number of hydrogen-bond acceptors (Lipinski definition) is 4. The fraction of sp³-hybridized carbons (Fsp3) is 0.500. The van der Waals surface area contributed by atoms with Gasteiger partial charge in [0.05, 0.1) is 13.0 Å². The van der Waals surface area contributed by atoms with Gasteiger partial charge < -0.3 is 15.0 Å². The molecule has 0 aliphatic heterocycles. The summed E-state index contributed by atoms with van der Waals surface area (Å²) in [5.41, 5.74) is 1.09. The number of esters is 1. The molecule has 1 atom stereocenters. The molecule has 1 N–H and O–H groups in total. The average Bonchev–Trinajstić information content (AvgIpc) is 2.58. The highest BCUT2D eigenvalue weighted by atomic mass is 16.5. The molecule has 0 radical (unpaired) electrons. The minimum Gasteiger partial charge on any atom is -0.469 e. The number of aryl methyl sites for hydroxylation is 1. The van der Waals surface area contributed by atoms with Crippen molar-refractivity contribution in [2.24, 2.45) is 5.92 Å². The van der Waals surface area contributed by atoms with Gasteiger partial charge in [-0.15, -0.1) is 0 Å². The molecule has 6 heteroatoms. The Kier molecular flexibility index (Phi) is 8.54. The second-order valence-electron chi connectivity index (χ2n) is 5.73. The van der Waals surface area contributed by atoms with Gasteiger partial charge in [0.25, 0.3) is 0 Å². The quantitative estimate of drug-likeness (QED) is 0.693. The molecule has 0 saturated carbocycles. The third-order valence-corrected chi connectivity index (χ3v) is 3.68. The van der Waals surface area contributed by atoms with Gasteiger partial charge in [-0.1, -0.05) is 37.3 Å². The lowest BCUT2D eigenvalue weighted by Gasteiger charge is -2.25. The van der Waals surface area contributed by atoms with E-state index in [1.807, 2.05) is 30.3 Å². The Morgan fingerprint density at radius 2 is 1.88 bits per heavy atom. The summed E-state index contributed by atoms with van der Waals surface area (Å²) >= 11 is 0. The van der Waals surface area contributed by atoms with Crippen molar-refractivity contribution in [2.75, 3.05) is 26.7 Å². The summed E-state index contributed by atoms with van der Waals surface area (Å²) in [7, 11) is 1.33. The second-order valence-corrected chi connectivity index (χ2v) is 5.73. The molecule has 2 amide bonds. The summed E-state index contributed by atoms with van der Waals surface area (Å²) in [6.07, 6.45) is 1.00. The minimum absolute atomic E-state index is 0.0417. The summed E-state index contributed by atoms with van der Waals surface area (Å²) in [5.74, 6) is -0.948. The van der Waals surface area contributed by atoms with Gasteiger partial charge in [-0.2, -0.15) is 0 Å². The Morgan fingerprint density at radius 1 is 1.21 bits per heavy atom. The first-order valence-electron chi connectivity index (χ1n) is 8.08. The molecule has 0 aliphatic rings. The molecule has 1 aromatic carbocycles. The molecule has 0 saturated heterocycles. The number of amides is 2. The topological polar surface area (TPSA) is 75.7 Å². The number of benzene rings is 1. The third kappa shape index (κ3) is 7.26. The van der Waals surface area contributed by atoms with Gasteiger partial charge >= 0.3 is 5.97 Å². The van der Waals surface area contributed by atoms with E-state index in [0.717, 1.165) is 5.56 Å². The molecule has 6 nitrogen and oxygen atoms in total. The highest BCUT2D eigenvalue weighted by Crippen LogP contribution is 2.08. The molecule has 1 rings (SSSR count). The number of nitrogens with one attached hydrogen (secondary N) is 1. The van der Waals surface area contributed by atoms with Crippen molar-refractivity contribution >= 4 is 17.8 Å². The molecule has 0 spiro atoms. The van der Waals surface area contributed by atoms with Gasteiger partial charge in [0.1, 0.15) is 0 Å². The summed E-state index contributed by atoms with van der Waals surface area (Å²) in [4.78, 5) is 36.7. The zero-order chi connectivity index (χ0) is 17.9. The van der Waals surface area contributed by atoms with Crippen LogP contribution in [0.4, 0.5) is 0 Å². The molecule has 0 fully saturated rings. The molecule has 0 aromatic heterocycles. The van der Waals surface area contributed by atoms with Crippen molar-refractivity contribution in [3.05, 3.63) is 35.9 Å². The van der Waals surface area contributed by atoms with E-state index in [0.29, 0.717) is 25.9 Å². The lowest BCUT2D eigenvalue weighted by molar-refractivity contribution is -0.146. The highest BCUT2D eigenvalue weighted by Gasteiger charge is 2.21. The lowest BCUT2D eigenvalue weighted by Crippen LogP contribution is -2.42. The fourth-order valence-corrected chi connectivity index (χ4v) is 2.35. The summed E-state index contributed by atoms with van der Waals surface area (Å²) in [6, 6.07) is 9.77. The predicted octanol–water partition coefficient (Wildman–Crippen LogP) is 1.39. The van der Waals surface area contributed by atoms with E-state index in [1.54, 1.807) is 11.8 Å². The number of ether oxygens (including phenoxy) is 1. The normalized spacial score (nSPS) is 11.5. The van der Waals surface area contributed by atoms with Crippen molar-refractivity contribution < 1.29 is 19.1 Å². The van der Waals surface area contributed by atoms with Crippen LogP contribution in [0.15, 0.2) is 30.3 Å². The van der Waals surface area contributed by atoms with Gasteiger partial charge in [0, 0.05) is 33.0 Å². The Balaban J connectivity index is 2.61. The Bertz CT molecular complexity index is 545. The van der Waals surface area contributed by atoms with Crippen LogP contribution >= 0.6 is 0 Å². The van der Waals surface area contributed by atoms with Crippen molar-refractivity contribution in [3.63, 3.8) is 0 Å². The number of nitrogens with zero attached hydrogens (tertiary/aromatic N) is 1. The summed E-state index contributed by atoms with van der Waals surface area (Å²) < 4.78 is 4.72. The van der Waals surface area contributed by atoms with Crippen molar-refractivity contribution in [3.8, 4) is 0 Å². The van der Waals surface area contributed by atoms with Crippen LogP contribution in [0.3, 0.4) is 0 Å². The van der Waals surface area contributed by atoms with Gasteiger partial charge in [-0.25, -0.2) is 0 Å². The molecule has 0 aliphatic carbocycles. The van der Waals surface area contributed by atoms with E-state index in [1.165, 1.54) is 14.0 Å². The van der Waals surface area contributed by atoms with Crippen LogP contribution in [0, 0.1) is 5.92 Å². The first-order valence-corrected chi connectivity index (χ1v) is 8.08. The largest absolute Gasteiger partial charge is 0.469 e. The Morgan fingerprint density at radius 3 is 2.46 bits per heavy atom. The maximum absolute atomic E-state index is 12.5. The van der Waals surface area contributed by atoms with Crippen molar-refractivity contribution in [2.45, 2.75) is 26.7 Å². The lowest BCUT2D eigenvalue weighted by atomic mass is 10.1. The molecule has 24 heavy (non-hydrogen) atoms. The van der Waals surface area contributed by atoms with E-state index < -0.39 is 5.92 Å². The first-order chi connectivity index (χ1) is 11.4. The number of hydrogen-bond donors (Lipinski definition) is 1. The molecular weight excluding hydrogens is 308 g/mol. The molecule has 0 bridgehead atoms. The minimum atomic E-state index is -0.409. The van der Waals surface area contributed by atoms with E-state index in [-0.39, 0.29) is 24.3 Å². The molecule has 1 unspecified atom stereocenters. The van der Waals surface area contributed by atoms with E-state index >= 15 is 0 Å². The maximum atomic E-state index is 12.5. The van der Waals surface area contributed by atoms with Crippen LogP contribution in [0.2, 0.25) is 0 Å². The van der Waals surface area contributed by atoms with Crippen molar-refractivity contribution in [1.29, 1.82) is 0 Å². The average molecular weight is 334 g/mol. The predicted molar refractivity (Wildman–Crippen MR) is 91.2 cm³/mol. The van der Waals surface area contributed by atoms with Crippen LogP contribution in [0.25, 0.3) is 0 Å². The molecule has 1 aromatic rings. The number of carbonyl (C=O) groups excluding carboxylic acids is 3. The molecule has 132 valence electrons. The van der Waals surface area contributed by atoms with Crippen LogP contribution in [0.1, 0.15) is 25.8 Å². The van der Waals surface area contributed by atoms with Crippen LogP contribution in [0.5, 0.6) is 0 Å². The fourth-order valence-electron chi connectivity index (χ4n) is 2.35. The van der Waals surface area contributed by atoms with Gasteiger partial charge in [-0.05, 0) is 12.0 Å². The third-order valence-electron chi connectivity index (χ3n) is 3.68. The molecule has 0 heterocycles. The maximum Gasteiger partial charge on any atom is 0.310 e. The summed E-state index contributed by atoms with van der Waals surface area (Å²) in [5, 5.41) is 2.67. The SMILES string of the molecule is COC(=O)C(C)CN(CCNC(C)=O)C(=O)CCc1ccccc1. The van der Waals surface area contributed by atoms with Crippen LogP contribution < -0.4 is 5.32 Å². The van der Waals surface area contributed by atoms with Crippen LogP contribution in [-0.4, -0.2) is 49.4 Å².